The van der Waals surface area contributed by atoms with Crippen LogP contribution >= 0.6 is 0 Å². The Morgan fingerprint density at radius 1 is 1.32 bits per heavy atom. The minimum atomic E-state index is -4.71. The number of non-ortho nitro benzene ring substituents is 1. The fraction of sp³-hybridized carbons (Fsp3) is 0.462. The van der Waals surface area contributed by atoms with Crippen molar-refractivity contribution in [2.45, 2.75) is 25.9 Å². The van der Waals surface area contributed by atoms with Gasteiger partial charge in [0.1, 0.15) is 5.75 Å². The Morgan fingerprint density at radius 2 is 2.00 bits per heavy atom. The lowest BCUT2D eigenvalue weighted by atomic mass is 10.2. The Balaban J connectivity index is 2.72. The van der Waals surface area contributed by atoms with Gasteiger partial charge in [0.05, 0.1) is 29.8 Å². The summed E-state index contributed by atoms with van der Waals surface area (Å²) >= 11 is 0. The molecule has 0 spiro atoms. The summed E-state index contributed by atoms with van der Waals surface area (Å²) in [4.78, 5) is 20.8. The van der Waals surface area contributed by atoms with E-state index in [1.165, 1.54) is 0 Å². The van der Waals surface area contributed by atoms with Crippen molar-refractivity contribution in [3.8, 4) is 5.75 Å². The van der Waals surface area contributed by atoms with E-state index in [1.807, 2.05) is 0 Å². The van der Waals surface area contributed by atoms with Gasteiger partial charge >= 0.3 is 12.1 Å². The molecule has 0 aromatic heterocycles. The van der Waals surface area contributed by atoms with Crippen LogP contribution in [0, 0.1) is 10.1 Å². The van der Waals surface area contributed by atoms with Crippen molar-refractivity contribution >= 4 is 11.7 Å². The first kappa shape index (κ1) is 17.7. The second-order valence-corrected chi connectivity index (χ2v) is 4.23. The Labute approximate surface area is 124 Å². The number of hydrogen-bond donors (Lipinski definition) is 0. The van der Waals surface area contributed by atoms with Gasteiger partial charge < -0.3 is 9.47 Å². The molecule has 0 aliphatic carbocycles. The topological polar surface area (TPSA) is 78.7 Å². The Kier molecular flexibility index (Phi) is 6.14. The van der Waals surface area contributed by atoms with Gasteiger partial charge in [0.2, 0.25) is 0 Å². The molecular weight excluding hydrogens is 307 g/mol. The normalized spacial score (nSPS) is 11.1. The lowest BCUT2D eigenvalue weighted by Gasteiger charge is -2.10. The van der Waals surface area contributed by atoms with Crippen LogP contribution in [0.25, 0.3) is 0 Å². The summed E-state index contributed by atoms with van der Waals surface area (Å²) < 4.78 is 47.7. The zero-order valence-electron chi connectivity index (χ0n) is 11.7. The maximum atomic E-state index is 12.7. The van der Waals surface area contributed by atoms with Crippen LogP contribution < -0.4 is 4.74 Å². The van der Waals surface area contributed by atoms with E-state index in [-0.39, 0.29) is 31.8 Å². The predicted molar refractivity (Wildman–Crippen MR) is 69.5 cm³/mol. The van der Waals surface area contributed by atoms with Crippen molar-refractivity contribution in [1.82, 2.24) is 0 Å². The number of ether oxygens (including phenoxy) is 2. The monoisotopic (exact) mass is 321 g/mol. The molecule has 0 saturated heterocycles. The molecular formula is C13H14F3NO5. The van der Waals surface area contributed by atoms with Gasteiger partial charge in [-0.2, -0.15) is 13.2 Å². The molecule has 9 heteroatoms. The second-order valence-electron chi connectivity index (χ2n) is 4.23. The standard InChI is InChI=1S/C13H14F3NO5/c1-2-21-12(18)4-3-5-22-11-7-9(13(14,15)16)6-10(8-11)17(19)20/h6-8H,2-5H2,1H3. The number of rotatable bonds is 7. The molecule has 1 aromatic carbocycles. The van der Waals surface area contributed by atoms with Gasteiger partial charge in [0.15, 0.2) is 0 Å². The van der Waals surface area contributed by atoms with E-state index in [2.05, 4.69) is 4.74 Å². The molecule has 1 rings (SSSR count). The largest absolute Gasteiger partial charge is 0.493 e. The van der Waals surface area contributed by atoms with E-state index in [0.29, 0.717) is 12.1 Å². The van der Waals surface area contributed by atoms with Gasteiger partial charge in [0.25, 0.3) is 5.69 Å². The predicted octanol–water partition coefficient (Wildman–Crippen LogP) is 3.34. The number of hydrogen-bond acceptors (Lipinski definition) is 5. The highest BCUT2D eigenvalue weighted by molar-refractivity contribution is 5.69. The minimum absolute atomic E-state index is 0.0505. The summed E-state index contributed by atoms with van der Waals surface area (Å²) in [5, 5.41) is 10.6. The van der Waals surface area contributed by atoms with Crippen molar-refractivity contribution in [2.24, 2.45) is 0 Å². The SMILES string of the molecule is CCOC(=O)CCCOc1cc([N+](=O)[O-])cc(C(F)(F)F)c1. The van der Waals surface area contributed by atoms with Crippen LogP contribution in [0.3, 0.4) is 0 Å². The van der Waals surface area contributed by atoms with E-state index in [9.17, 15) is 28.1 Å². The number of carbonyl (C=O) groups excluding carboxylic acids is 1. The van der Waals surface area contributed by atoms with Crippen LogP contribution in [0.5, 0.6) is 5.75 Å². The lowest BCUT2D eigenvalue weighted by Crippen LogP contribution is -2.08. The maximum Gasteiger partial charge on any atom is 0.416 e. The van der Waals surface area contributed by atoms with Crippen molar-refractivity contribution in [2.75, 3.05) is 13.2 Å². The summed E-state index contributed by atoms with van der Waals surface area (Å²) in [6.45, 7) is 1.83. The number of nitro benzene ring substituents is 1. The van der Waals surface area contributed by atoms with Gasteiger partial charge in [-0.1, -0.05) is 0 Å². The van der Waals surface area contributed by atoms with E-state index < -0.39 is 28.3 Å². The number of benzene rings is 1. The summed E-state index contributed by atoms with van der Waals surface area (Å²) in [6, 6.07) is 2.02. The second kappa shape index (κ2) is 7.62. The average Bonchev–Trinajstić information content (AvgIpc) is 2.42. The molecule has 0 atom stereocenters. The third-order valence-electron chi connectivity index (χ3n) is 2.53. The smallest absolute Gasteiger partial charge is 0.416 e. The quantitative estimate of drug-likeness (QED) is 0.333. The molecule has 0 bridgehead atoms. The van der Waals surface area contributed by atoms with Crippen molar-refractivity contribution < 1.29 is 32.4 Å². The Bertz CT molecular complexity index is 545. The molecule has 0 fully saturated rings. The highest BCUT2D eigenvalue weighted by Gasteiger charge is 2.33. The zero-order valence-corrected chi connectivity index (χ0v) is 11.7. The van der Waals surface area contributed by atoms with Gasteiger partial charge in [-0.25, -0.2) is 0 Å². The number of alkyl halides is 3. The van der Waals surface area contributed by atoms with Crippen molar-refractivity contribution in [1.29, 1.82) is 0 Å². The van der Waals surface area contributed by atoms with E-state index >= 15 is 0 Å². The number of halogens is 3. The van der Waals surface area contributed by atoms with Crippen LogP contribution in [-0.4, -0.2) is 24.1 Å². The van der Waals surface area contributed by atoms with Gasteiger partial charge in [-0.05, 0) is 19.4 Å². The summed E-state index contributed by atoms with van der Waals surface area (Å²) in [7, 11) is 0. The van der Waals surface area contributed by atoms with Gasteiger partial charge in [-0.3, -0.25) is 14.9 Å². The molecule has 0 amide bonds. The first-order valence-electron chi connectivity index (χ1n) is 6.39. The number of nitrogens with zero attached hydrogens (tertiary/aromatic N) is 1. The first-order valence-corrected chi connectivity index (χ1v) is 6.39. The van der Waals surface area contributed by atoms with Crippen LogP contribution in [-0.2, 0) is 15.7 Å². The molecule has 0 aliphatic heterocycles. The highest BCUT2D eigenvalue weighted by atomic mass is 19.4. The van der Waals surface area contributed by atoms with Gasteiger partial charge in [-0.15, -0.1) is 0 Å². The number of carbonyl (C=O) groups is 1. The number of nitro groups is 1. The maximum absolute atomic E-state index is 12.7. The van der Waals surface area contributed by atoms with Crippen molar-refractivity contribution in [3.05, 3.63) is 33.9 Å². The summed E-state index contributed by atoms with van der Waals surface area (Å²) in [6.07, 6.45) is -4.44. The molecule has 0 heterocycles. The van der Waals surface area contributed by atoms with Crippen LogP contribution in [0.2, 0.25) is 0 Å². The van der Waals surface area contributed by atoms with Crippen LogP contribution in [0.15, 0.2) is 18.2 Å². The molecule has 0 saturated carbocycles. The third-order valence-corrected chi connectivity index (χ3v) is 2.53. The first-order chi connectivity index (χ1) is 10.2. The fourth-order valence-corrected chi connectivity index (χ4v) is 1.58. The molecule has 6 nitrogen and oxygen atoms in total. The zero-order chi connectivity index (χ0) is 16.8. The average molecular weight is 321 g/mol. The molecule has 122 valence electrons. The molecule has 0 unspecified atom stereocenters. The minimum Gasteiger partial charge on any atom is -0.493 e. The third kappa shape index (κ3) is 5.58. The molecule has 0 radical (unpaired) electrons. The highest BCUT2D eigenvalue weighted by Crippen LogP contribution is 2.34. The van der Waals surface area contributed by atoms with Gasteiger partial charge in [0, 0.05) is 12.5 Å². The summed E-state index contributed by atoms with van der Waals surface area (Å²) in [5.74, 6) is -0.716. The van der Waals surface area contributed by atoms with Crippen LogP contribution in [0.1, 0.15) is 25.3 Å². The molecule has 0 aliphatic rings. The van der Waals surface area contributed by atoms with Crippen molar-refractivity contribution in [3.63, 3.8) is 0 Å². The molecule has 22 heavy (non-hydrogen) atoms. The van der Waals surface area contributed by atoms with Crippen LogP contribution in [0.4, 0.5) is 18.9 Å². The van der Waals surface area contributed by atoms with E-state index in [0.717, 1.165) is 6.07 Å². The Hall–Kier alpha value is -2.32. The molecule has 0 N–H and O–H groups in total. The lowest BCUT2D eigenvalue weighted by molar-refractivity contribution is -0.385. The summed E-state index contributed by atoms with van der Waals surface area (Å²) in [5.41, 5.74) is -1.88. The van der Waals surface area contributed by atoms with E-state index in [4.69, 9.17) is 4.74 Å². The van der Waals surface area contributed by atoms with E-state index in [1.54, 1.807) is 6.92 Å². The Morgan fingerprint density at radius 3 is 2.55 bits per heavy atom. The fourth-order valence-electron chi connectivity index (χ4n) is 1.58. The molecule has 1 aromatic rings. The number of esters is 1.